The summed E-state index contributed by atoms with van der Waals surface area (Å²) in [4.78, 5) is 33.2. The molecule has 2 amide bonds. The summed E-state index contributed by atoms with van der Waals surface area (Å²) >= 11 is 0. The van der Waals surface area contributed by atoms with Gasteiger partial charge in [0, 0.05) is 39.3 Å². The fourth-order valence-electron chi connectivity index (χ4n) is 5.93. The van der Waals surface area contributed by atoms with E-state index in [1.807, 2.05) is 35.2 Å². The van der Waals surface area contributed by atoms with Crippen LogP contribution in [0.1, 0.15) is 42.4 Å². The van der Waals surface area contributed by atoms with Crippen molar-refractivity contribution in [3.05, 3.63) is 71.3 Å². The summed E-state index contributed by atoms with van der Waals surface area (Å²) in [6, 6.07) is 18.5. The highest BCUT2D eigenvalue weighted by Gasteiger charge is 2.39. The maximum atomic E-state index is 13.9. The van der Waals surface area contributed by atoms with Crippen LogP contribution in [0.3, 0.4) is 0 Å². The Balaban J connectivity index is 1.24. The normalized spacial score (nSPS) is 20.5. The summed E-state index contributed by atoms with van der Waals surface area (Å²) in [7, 11) is 0. The van der Waals surface area contributed by atoms with Crippen molar-refractivity contribution in [1.29, 1.82) is 0 Å². The summed E-state index contributed by atoms with van der Waals surface area (Å²) < 4.78 is 0. The molecule has 5 heteroatoms. The van der Waals surface area contributed by atoms with Crippen molar-refractivity contribution >= 4 is 11.8 Å². The Morgan fingerprint density at radius 1 is 0.788 bits per heavy atom. The largest absolute Gasteiger partial charge is 0.340 e. The lowest BCUT2D eigenvalue weighted by atomic mass is 9.92. The molecule has 1 atom stereocenters. The van der Waals surface area contributed by atoms with Gasteiger partial charge in [0.25, 0.3) is 0 Å². The molecule has 0 N–H and O–H groups in total. The van der Waals surface area contributed by atoms with E-state index in [-0.39, 0.29) is 11.9 Å². The molecular weight excluding hydrogens is 410 g/mol. The maximum absolute atomic E-state index is 13.9. The highest BCUT2D eigenvalue weighted by atomic mass is 16.2. The third kappa shape index (κ3) is 4.98. The first-order valence-electron chi connectivity index (χ1n) is 12.6. The fraction of sp³-hybridized carbons (Fsp3) is 0.500. The van der Waals surface area contributed by atoms with Crippen molar-refractivity contribution in [3.63, 3.8) is 0 Å². The molecule has 2 aliphatic heterocycles. The number of carbonyl (C=O) groups is 2. The molecule has 5 rings (SSSR count). The van der Waals surface area contributed by atoms with Gasteiger partial charge in [-0.25, -0.2) is 0 Å². The molecule has 0 bridgehead atoms. The molecule has 33 heavy (non-hydrogen) atoms. The Labute approximate surface area is 197 Å². The van der Waals surface area contributed by atoms with Gasteiger partial charge < -0.3 is 9.80 Å². The molecule has 5 nitrogen and oxygen atoms in total. The number of fused-ring (bicyclic) bond motifs is 1. The highest BCUT2D eigenvalue weighted by Crippen LogP contribution is 2.33. The van der Waals surface area contributed by atoms with E-state index < -0.39 is 0 Å². The fourth-order valence-corrected chi connectivity index (χ4v) is 5.93. The van der Waals surface area contributed by atoms with Crippen molar-refractivity contribution < 1.29 is 9.59 Å². The summed E-state index contributed by atoms with van der Waals surface area (Å²) in [5.41, 5.74) is 3.73. The van der Waals surface area contributed by atoms with Gasteiger partial charge in [-0.05, 0) is 41.9 Å². The van der Waals surface area contributed by atoms with Crippen LogP contribution in [0.25, 0.3) is 0 Å². The van der Waals surface area contributed by atoms with Gasteiger partial charge in [0.2, 0.25) is 11.8 Å². The summed E-state index contributed by atoms with van der Waals surface area (Å²) in [5, 5.41) is 0. The lowest BCUT2D eigenvalue weighted by Crippen LogP contribution is -2.59. The topological polar surface area (TPSA) is 43.9 Å². The van der Waals surface area contributed by atoms with Gasteiger partial charge in [-0.3, -0.25) is 14.5 Å². The number of nitrogens with zero attached hydrogens (tertiary/aromatic N) is 3. The zero-order valence-corrected chi connectivity index (χ0v) is 19.5. The lowest BCUT2D eigenvalue weighted by molar-refractivity contribution is -0.142. The van der Waals surface area contributed by atoms with Gasteiger partial charge in [-0.1, -0.05) is 67.4 Å². The first-order chi connectivity index (χ1) is 16.2. The average molecular weight is 446 g/mol. The molecule has 2 fully saturated rings. The monoisotopic (exact) mass is 445 g/mol. The summed E-state index contributed by atoms with van der Waals surface area (Å²) in [5.74, 6) is 0.943. The van der Waals surface area contributed by atoms with Gasteiger partial charge in [-0.2, -0.15) is 0 Å². The van der Waals surface area contributed by atoms with Crippen LogP contribution in [0.2, 0.25) is 0 Å². The van der Waals surface area contributed by atoms with E-state index in [1.165, 1.54) is 24.0 Å². The number of carbonyl (C=O) groups excluding carboxylic acids is 2. The minimum atomic E-state index is -0.0378. The molecule has 0 radical (unpaired) electrons. The second-order valence-corrected chi connectivity index (χ2v) is 9.85. The highest BCUT2D eigenvalue weighted by molar-refractivity contribution is 5.83. The smallest absolute Gasteiger partial charge is 0.240 e. The first-order valence-corrected chi connectivity index (χ1v) is 12.6. The number of piperazine rings is 1. The van der Waals surface area contributed by atoms with Crippen LogP contribution in [0.15, 0.2) is 54.6 Å². The van der Waals surface area contributed by atoms with Gasteiger partial charge in [0.1, 0.15) is 0 Å². The molecule has 0 spiro atoms. The standard InChI is InChI=1S/C28H35N3O2/c32-26(20-22-8-2-1-3-9-22)29-16-18-30(19-17-29)27(24-11-5-6-12-24)28(33)31-15-14-23-10-4-7-13-25(23)21-31/h1-4,7-10,13,24,27H,5-6,11-12,14-21H2/t27-/m1/s1. The third-order valence-corrected chi connectivity index (χ3v) is 7.80. The Morgan fingerprint density at radius 2 is 1.45 bits per heavy atom. The summed E-state index contributed by atoms with van der Waals surface area (Å²) in [6.07, 6.45) is 6.15. The number of rotatable bonds is 5. The van der Waals surface area contributed by atoms with Gasteiger partial charge in [0.05, 0.1) is 12.5 Å². The lowest BCUT2D eigenvalue weighted by Gasteiger charge is -2.43. The second kappa shape index (κ2) is 10.1. The van der Waals surface area contributed by atoms with Crippen LogP contribution in [0.4, 0.5) is 0 Å². The summed E-state index contributed by atoms with van der Waals surface area (Å²) in [6.45, 7) is 4.55. The molecule has 1 saturated carbocycles. The molecule has 1 saturated heterocycles. The van der Waals surface area contributed by atoms with Crippen molar-refractivity contribution in [1.82, 2.24) is 14.7 Å². The molecule has 0 unspecified atom stereocenters. The number of hydrogen-bond acceptors (Lipinski definition) is 3. The average Bonchev–Trinajstić information content (AvgIpc) is 3.39. The SMILES string of the molecule is O=C(Cc1ccccc1)N1CCN([C@@H](C(=O)N2CCc3ccccc3C2)C2CCCC2)CC1. The van der Waals surface area contributed by atoms with E-state index in [1.54, 1.807) is 0 Å². The van der Waals surface area contributed by atoms with Crippen LogP contribution >= 0.6 is 0 Å². The molecule has 2 heterocycles. The van der Waals surface area contributed by atoms with Crippen LogP contribution in [0, 0.1) is 5.92 Å². The van der Waals surface area contributed by atoms with Crippen molar-refractivity contribution in [2.45, 2.75) is 51.1 Å². The molecule has 174 valence electrons. The van der Waals surface area contributed by atoms with Crippen molar-refractivity contribution in [2.24, 2.45) is 5.92 Å². The van der Waals surface area contributed by atoms with E-state index in [0.29, 0.717) is 31.3 Å². The quantitative estimate of drug-likeness (QED) is 0.707. The third-order valence-electron chi connectivity index (χ3n) is 7.80. The van der Waals surface area contributed by atoms with Crippen molar-refractivity contribution in [3.8, 4) is 0 Å². The van der Waals surface area contributed by atoms with Gasteiger partial charge >= 0.3 is 0 Å². The Morgan fingerprint density at radius 3 is 2.18 bits per heavy atom. The Bertz CT molecular complexity index is 962. The molecule has 2 aromatic rings. The zero-order chi connectivity index (χ0) is 22.6. The van der Waals surface area contributed by atoms with Crippen LogP contribution < -0.4 is 0 Å². The van der Waals surface area contributed by atoms with E-state index in [4.69, 9.17) is 0 Å². The van der Waals surface area contributed by atoms with Crippen LogP contribution in [-0.4, -0.2) is 65.3 Å². The van der Waals surface area contributed by atoms with Crippen LogP contribution in [-0.2, 0) is 29.0 Å². The minimum absolute atomic E-state index is 0.0378. The van der Waals surface area contributed by atoms with Crippen molar-refractivity contribution in [2.75, 3.05) is 32.7 Å². The second-order valence-electron chi connectivity index (χ2n) is 9.85. The molecule has 0 aromatic heterocycles. The zero-order valence-electron chi connectivity index (χ0n) is 19.5. The molecular formula is C28H35N3O2. The predicted molar refractivity (Wildman–Crippen MR) is 130 cm³/mol. The van der Waals surface area contributed by atoms with Crippen LogP contribution in [0.5, 0.6) is 0 Å². The first kappa shape index (κ1) is 22.1. The molecule has 2 aromatic carbocycles. The van der Waals surface area contributed by atoms with E-state index in [9.17, 15) is 9.59 Å². The van der Waals surface area contributed by atoms with E-state index in [0.717, 1.165) is 51.0 Å². The number of hydrogen-bond donors (Lipinski definition) is 0. The van der Waals surface area contributed by atoms with Gasteiger partial charge in [-0.15, -0.1) is 0 Å². The Kier molecular flexibility index (Phi) is 6.77. The predicted octanol–water partition coefficient (Wildman–Crippen LogP) is 3.52. The Hall–Kier alpha value is -2.66. The maximum Gasteiger partial charge on any atom is 0.240 e. The van der Waals surface area contributed by atoms with E-state index >= 15 is 0 Å². The molecule has 1 aliphatic carbocycles. The molecule has 3 aliphatic rings. The minimum Gasteiger partial charge on any atom is -0.340 e. The van der Waals surface area contributed by atoms with Gasteiger partial charge in [0.15, 0.2) is 0 Å². The van der Waals surface area contributed by atoms with E-state index in [2.05, 4.69) is 34.1 Å². The number of amides is 2. The number of benzene rings is 2.